The van der Waals surface area contributed by atoms with Crippen LogP contribution in [-0.2, 0) is 4.79 Å². The van der Waals surface area contributed by atoms with E-state index in [9.17, 15) is 4.79 Å². The molecule has 2 rings (SSSR count). The SMILES string of the molecule is Cc1cc(C)c(NC(C)C(=O)NC2CCCC2)c(Br)c1. The summed E-state index contributed by atoms with van der Waals surface area (Å²) in [5, 5.41) is 6.45. The molecule has 1 atom stereocenters. The molecule has 1 aromatic carbocycles. The molecule has 1 fully saturated rings. The van der Waals surface area contributed by atoms with Crippen molar-refractivity contribution in [1.29, 1.82) is 0 Å². The number of halogens is 1. The second kappa shape index (κ2) is 6.61. The molecule has 1 aliphatic carbocycles. The highest BCUT2D eigenvalue weighted by Crippen LogP contribution is 2.28. The largest absolute Gasteiger partial charge is 0.373 e. The van der Waals surface area contributed by atoms with E-state index in [1.165, 1.54) is 18.4 Å². The van der Waals surface area contributed by atoms with Gasteiger partial charge in [-0.25, -0.2) is 0 Å². The van der Waals surface area contributed by atoms with Gasteiger partial charge in [-0.15, -0.1) is 0 Å². The molecule has 0 aromatic heterocycles. The Kier molecular flexibility index (Phi) is 5.08. The first-order chi connectivity index (χ1) is 9.47. The number of benzene rings is 1. The third-order valence-electron chi connectivity index (χ3n) is 3.89. The van der Waals surface area contributed by atoms with Gasteiger partial charge in [0.1, 0.15) is 6.04 Å². The Morgan fingerprint density at radius 2 is 1.95 bits per heavy atom. The zero-order valence-corrected chi connectivity index (χ0v) is 14.0. The molecule has 1 saturated carbocycles. The van der Waals surface area contributed by atoms with Crippen LogP contribution in [0.5, 0.6) is 0 Å². The highest BCUT2D eigenvalue weighted by Gasteiger charge is 2.21. The Balaban J connectivity index is 2.00. The average molecular weight is 339 g/mol. The summed E-state index contributed by atoms with van der Waals surface area (Å²) in [4.78, 5) is 12.2. The molecule has 0 heterocycles. The van der Waals surface area contributed by atoms with Gasteiger partial charge in [0.25, 0.3) is 0 Å². The molecule has 4 heteroatoms. The molecule has 0 aliphatic heterocycles. The van der Waals surface area contributed by atoms with Gasteiger partial charge in [0, 0.05) is 10.5 Å². The molecule has 1 unspecified atom stereocenters. The highest BCUT2D eigenvalue weighted by atomic mass is 79.9. The molecular formula is C16H23BrN2O. The maximum Gasteiger partial charge on any atom is 0.242 e. The Morgan fingerprint density at radius 1 is 1.30 bits per heavy atom. The van der Waals surface area contributed by atoms with Crippen LogP contribution in [0.2, 0.25) is 0 Å². The lowest BCUT2D eigenvalue weighted by molar-refractivity contribution is -0.122. The topological polar surface area (TPSA) is 41.1 Å². The summed E-state index contributed by atoms with van der Waals surface area (Å²) in [6.45, 7) is 6.04. The van der Waals surface area contributed by atoms with Gasteiger partial charge in [-0.1, -0.05) is 18.9 Å². The molecule has 2 N–H and O–H groups in total. The lowest BCUT2D eigenvalue weighted by Gasteiger charge is -2.20. The van der Waals surface area contributed by atoms with Crippen LogP contribution in [0.1, 0.15) is 43.7 Å². The van der Waals surface area contributed by atoms with Gasteiger partial charge in [-0.3, -0.25) is 4.79 Å². The molecule has 0 saturated heterocycles. The van der Waals surface area contributed by atoms with Crippen molar-refractivity contribution < 1.29 is 4.79 Å². The minimum Gasteiger partial charge on any atom is -0.373 e. The van der Waals surface area contributed by atoms with E-state index < -0.39 is 0 Å². The zero-order chi connectivity index (χ0) is 14.7. The average Bonchev–Trinajstić information content (AvgIpc) is 2.86. The maximum atomic E-state index is 12.2. The quantitative estimate of drug-likeness (QED) is 0.873. The third-order valence-corrected chi connectivity index (χ3v) is 4.51. The maximum absolute atomic E-state index is 12.2. The van der Waals surface area contributed by atoms with Crippen LogP contribution in [0, 0.1) is 13.8 Å². The summed E-state index contributed by atoms with van der Waals surface area (Å²) in [6, 6.07) is 4.33. The van der Waals surface area contributed by atoms with Crippen LogP contribution in [-0.4, -0.2) is 18.0 Å². The predicted octanol–water partition coefficient (Wildman–Crippen LogP) is 3.93. The first-order valence-corrected chi connectivity index (χ1v) is 8.10. The standard InChI is InChI=1S/C16H23BrN2O/c1-10-8-11(2)15(14(17)9-10)18-12(3)16(20)19-13-6-4-5-7-13/h8-9,12-13,18H,4-7H2,1-3H3,(H,19,20). The Bertz CT molecular complexity index is 472. The highest BCUT2D eigenvalue weighted by molar-refractivity contribution is 9.10. The second-order valence-electron chi connectivity index (χ2n) is 5.79. The first-order valence-electron chi connectivity index (χ1n) is 7.31. The lowest BCUT2D eigenvalue weighted by atomic mass is 10.1. The molecule has 0 bridgehead atoms. The minimum absolute atomic E-state index is 0.0868. The van der Waals surface area contributed by atoms with Crippen LogP contribution >= 0.6 is 15.9 Å². The van der Waals surface area contributed by atoms with Crippen LogP contribution in [0.15, 0.2) is 16.6 Å². The van der Waals surface area contributed by atoms with Gasteiger partial charge >= 0.3 is 0 Å². The summed E-state index contributed by atoms with van der Waals surface area (Å²) < 4.78 is 1.01. The molecule has 0 radical (unpaired) electrons. The number of carbonyl (C=O) groups is 1. The van der Waals surface area contributed by atoms with Gasteiger partial charge in [0.2, 0.25) is 5.91 Å². The number of rotatable bonds is 4. The molecule has 1 aromatic rings. The lowest BCUT2D eigenvalue weighted by Crippen LogP contribution is -2.42. The number of hydrogen-bond acceptors (Lipinski definition) is 2. The van der Waals surface area contributed by atoms with E-state index in [0.717, 1.165) is 28.6 Å². The summed E-state index contributed by atoms with van der Waals surface area (Å²) in [7, 11) is 0. The van der Waals surface area contributed by atoms with E-state index in [4.69, 9.17) is 0 Å². The smallest absolute Gasteiger partial charge is 0.242 e. The molecular weight excluding hydrogens is 316 g/mol. The summed E-state index contributed by atoms with van der Waals surface area (Å²) in [5.74, 6) is 0.0868. The van der Waals surface area contributed by atoms with Crippen LogP contribution in [0.25, 0.3) is 0 Å². The van der Waals surface area contributed by atoms with Gasteiger partial charge in [-0.2, -0.15) is 0 Å². The van der Waals surface area contributed by atoms with E-state index >= 15 is 0 Å². The molecule has 0 spiro atoms. The van der Waals surface area contributed by atoms with E-state index in [1.54, 1.807) is 0 Å². The fourth-order valence-electron chi connectivity index (χ4n) is 2.78. The number of amides is 1. The zero-order valence-electron chi connectivity index (χ0n) is 12.4. The van der Waals surface area contributed by atoms with Crippen molar-refractivity contribution in [2.75, 3.05) is 5.32 Å². The second-order valence-corrected chi connectivity index (χ2v) is 6.65. The van der Waals surface area contributed by atoms with Crippen molar-refractivity contribution >= 4 is 27.5 Å². The minimum atomic E-state index is -0.228. The van der Waals surface area contributed by atoms with Crippen molar-refractivity contribution in [2.24, 2.45) is 0 Å². The van der Waals surface area contributed by atoms with Gasteiger partial charge in [-0.05, 0) is 66.7 Å². The number of nitrogens with one attached hydrogen (secondary N) is 2. The van der Waals surface area contributed by atoms with Crippen molar-refractivity contribution in [1.82, 2.24) is 5.32 Å². The van der Waals surface area contributed by atoms with Crippen molar-refractivity contribution in [3.8, 4) is 0 Å². The van der Waals surface area contributed by atoms with E-state index in [-0.39, 0.29) is 11.9 Å². The van der Waals surface area contributed by atoms with Crippen LogP contribution in [0.4, 0.5) is 5.69 Å². The summed E-state index contributed by atoms with van der Waals surface area (Å²) in [5.41, 5.74) is 3.37. The normalized spacial score (nSPS) is 17.0. The number of carbonyl (C=O) groups excluding carboxylic acids is 1. The van der Waals surface area contributed by atoms with Crippen molar-refractivity contribution in [3.05, 3.63) is 27.7 Å². The predicted molar refractivity (Wildman–Crippen MR) is 87.1 cm³/mol. The fraction of sp³-hybridized carbons (Fsp3) is 0.562. The Labute approximate surface area is 129 Å². The Hall–Kier alpha value is -1.03. The van der Waals surface area contributed by atoms with Gasteiger partial charge in [0.15, 0.2) is 0 Å². The Morgan fingerprint density at radius 3 is 2.55 bits per heavy atom. The summed E-state index contributed by atoms with van der Waals surface area (Å²) in [6.07, 6.45) is 4.70. The molecule has 1 aliphatic rings. The number of aryl methyl sites for hydroxylation is 2. The third kappa shape index (κ3) is 3.75. The molecule has 3 nitrogen and oxygen atoms in total. The number of hydrogen-bond donors (Lipinski definition) is 2. The monoisotopic (exact) mass is 338 g/mol. The van der Waals surface area contributed by atoms with Crippen LogP contribution < -0.4 is 10.6 Å². The van der Waals surface area contributed by atoms with E-state index in [1.807, 2.05) is 6.92 Å². The van der Waals surface area contributed by atoms with Gasteiger partial charge < -0.3 is 10.6 Å². The van der Waals surface area contributed by atoms with Crippen molar-refractivity contribution in [2.45, 2.75) is 58.5 Å². The summed E-state index contributed by atoms with van der Waals surface area (Å²) >= 11 is 3.57. The van der Waals surface area contributed by atoms with E-state index in [0.29, 0.717) is 6.04 Å². The fourth-order valence-corrected chi connectivity index (χ4v) is 3.57. The molecule has 110 valence electrons. The molecule has 1 amide bonds. The van der Waals surface area contributed by atoms with Crippen molar-refractivity contribution in [3.63, 3.8) is 0 Å². The van der Waals surface area contributed by atoms with Crippen LogP contribution in [0.3, 0.4) is 0 Å². The molecule has 20 heavy (non-hydrogen) atoms. The number of anilines is 1. The van der Waals surface area contributed by atoms with Gasteiger partial charge in [0.05, 0.1) is 5.69 Å². The van der Waals surface area contributed by atoms with E-state index in [2.05, 4.69) is 52.5 Å². The first kappa shape index (κ1) is 15.4.